The predicted octanol–water partition coefficient (Wildman–Crippen LogP) is 1.62. The fourth-order valence-corrected chi connectivity index (χ4v) is 1.94. The van der Waals surface area contributed by atoms with Gasteiger partial charge in [0.25, 0.3) is 0 Å². The number of hydrogen-bond acceptors (Lipinski definition) is 6. The lowest BCUT2D eigenvalue weighted by atomic mass is 10.1. The van der Waals surface area contributed by atoms with Crippen LogP contribution in [-0.4, -0.2) is 41.5 Å². The van der Waals surface area contributed by atoms with Crippen molar-refractivity contribution in [1.82, 2.24) is 0 Å². The topological polar surface area (TPSA) is 93.1 Å². The summed E-state index contributed by atoms with van der Waals surface area (Å²) >= 11 is 0. The molecule has 0 aromatic carbocycles. The largest absolute Gasteiger partial charge is 0.507 e. The van der Waals surface area contributed by atoms with Gasteiger partial charge in [-0.05, 0) is 6.42 Å². The number of unbranched alkanes of at least 4 members (excludes halogenated alkanes) is 5. The molecule has 1 atom stereocenters. The van der Waals surface area contributed by atoms with Gasteiger partial charge in [0.05, 0.1) is 13.2 Å². The van der Waals surface area contributed by atoms with Gasteiger partial charge in [-0.3, -0.25) is 0 Å². The minimum Gasteiger partial charge on any atom is -0.507 e. The van der Waals surface area contributed by atoms with Crippen LogP contribution in [0.1, 0.15) is 45.4 Å². The van der Waals surface area contributed by atoms with E-state index in [1.807, 2.05) is 0 Å². The molecular weight excluding hydrogens is 264 g/mol. The summed E-state index contributed by atoms with van der Waals surface area (Å²) in [4.78, 5) is 23.0. The normalized spacial score (nSPS) is 18.3. The van der Waals surface area contributed by atoms with E-state index in [9.17, 15) is 14.7 Å². The molecule has 0 aromatic heterocycles. The smallest absolute Gasteiger partial charge is 0.350 e. The molecule has 1 aliphatic rings. The summed E-state index contributed by atoms with van der Waals surface area (Å²) in [5, 5.41) is 18.4. The number of aliphatic hydroxyl groups is 2. The van der Waals surface area contributed by atoms with Crippen LogP contribution in [-0.2, 0) is 19.1 Å². The van der Waals surface area contributed by atoms with E-state index < -0.39 is 36.0 Å². The minimum absolute atomic E-state index is 0.207. The second-order valence-electron chi connectivity index (χ2n) is 4.74. The van der Waals surface area contributed by atoms with E-state index in [0.29, 0.717) is 0 Å². The van der Waals surface area contributed by atoms with Gasteiger partial charge in [0.15, 0.2) is 17.4 Å². The highest BCUT2D eigenvalue weighted by molar-refractivity contribution is 6.16. The third kappa shape index (κ3) is 4.52. The first-order valence-electron chi connectivity index (χ1n) is 7.03. The highest BCUT2D eigenvalue weighted by atomic mass is 16.6. The van der Waals surface area contributed by atoms with E-state index in [1.165, 1.54) is 19.3 Å². The number of esters is 2. The molecule has 0 unspecified atom stereocenters. The second kappa shape index (κ2) is 8.58. The van der Waals surface area contributed by atoms with Crippen molar-refractivity contribution in [3.8, 4) is 0 Å². The number of hydrogen-bond donors (Lipinski definition) is 2. The molecule has 20 heavy (non-hydrogen) atoms. The zero-order valence-corrected chi connectivity index (χ0v) is 11.8. The molecule has 0 bridgehead atoms. The van der Waals surface area contributed by atoms with Crippen LogP contribution in [0.4, 0.5) is 0 Å². The summed E-state index contributed by atoms with van der Waals surface area (Å²) in [5.74, 6) is -2.39. The van der Waals surface area contributed by atoms with E-state index in [0.717, 1.165) is 19.3 Å². The monoisotopic (exact) mass is 286 g/mol. The Morgan fingerprint density at radius 1 is 1.25 bits per heavy atom. The first-order valence-corrected chi connectivity index (χ1v) is 7.03. The molecule has 0 spiro atoms. The molecule has 0 amide bonds. The van der Waals surface area contributed by atoms with Crippen molar-refractivity contribution < 1.29 is 29.3 Å². The van der Waals surface area contributed by atoms with Crippen LogP contribution in [0.3, 0.4) is 0 Å². The van der Waals surface area contributed by atoms with Crippen molar-refractivity contribution in [2.24, 2.45) is 0 Å². The first-order chi connectivity index (χ1) is 9.61. The molecule has 0 saturated carbocycles. The molecule has 114 valence electrons. The Morgan fingerprint density at radius 2 is 1.90 bits per heavy atom. The van der Waals surface area contributed by atoms with E-state index >= 15 is 0 Å². The SMILES string of the molecule is CCCCCCCCOC(=O)C1=C(O)[C@@H](CO)OC1=O. The Bertz CT molecular complexity index is 374. The van der Waals surface area contributed by atoms with Gasteiger partial charge < -0.3 is 19.7 Å². The summed E-state index contributed by atoms with van der Waals surface area (Å²) < 4.78 is 9.54. The van der Waals surface area contributed by atoms with Gasteiger partial charge in [-0.2, -0.15) is 0 Å². The van der Waals surface area contributed by atoms with E-state index in [-0.39, 0.29) is 6.61 Å². The summed E-state index contributed by atoms with van der Waals surface area (Å²) in [6.45, 7) is 1.78. The predicted molar refractivity (Wildman–Crippen MR) is 71.0 cm³/mol. The average Bonchev–Trinajstić information content (AvgIpc) is 2.72. The average molecular weight is 286 g/mol. The molecule has 6 nitrogen and oxygen atoms in total. The Morgan fingerprint density at radius 3 is 2.50 bits per heavy atom. The van der Waals surface area contributed by atoms with Crippen molar-refractivity contribution in [2.75, 3.05) is 13.2 Å². The molecule has 1 rings (SSSR count). The van der Waals surface area contributed by atoms with Crippen LogP contribution in [0, 0.1) is 0 Å². The maximum absolute atomic E-state index is 11.6. The number of carbonyl (C=O) groups is 2. The lowest BCUT2D eigenvalue weighted by Crippen LogP contribution is -2.16. The number of cyclic esters (lactones) is 1. The van der Waals surface area contributed by atoms with Gasteiger partial charge in [0.2, 0.25) is 0 Å². The summed E-state index contributed by atoms with van der Waals surface area (Å²) in [5.41, 5.74) is -0.505. The Hall–Kier alpha value is -1.56. The lowest BCUT2D eigenvalue weighted by Gasteiger charge is -2.04. The van der Waals surface area contributed by atoms with E-state index in [1.54, 1.807) is 0 Å². The third-order valence-electron chi connectivity index (χ3n) is 3.12. The molecule has 6 heteroatoms. The second-order valence-corrected chi connectivity index (χ2v) is 4.74. The molecule has 0 aromatic rings. The van der Waals surface area contributed by atoms with Gasteiger partial charge >= 0.3 is 11.9 Å². The Balaban J connectivity index is 2.29. The molecule has 0 aliphatic carbocycles. The van der Waals surface area contributed by atoms with Crippen molar-refractivity contribution in [3.63, 3.8) is 0 Å². The van der Waals surface area contributed by atoms with E-state index in [4.69, 9.17) is 9.84 Å². The first kappa shape index (κ1) is 16.5. The summed E-state index contributed by atoms with van der Waals surface area (Å²) in [6.07, 6.45) is 5.17. The Labute approximate surface area is 118 Å². The van der Waals surface area contributed by atoms with Crippen molar-refractivity contribution in [2.45, 2.75) is 51.6 Å². The van der Waals surface area contributed by atoms with Crippen LogP contribution in [0.15, 0.2) is 11.3 Å². The summed E-state index contributed by atoms with van der Waals surface area (Å²) in [6, 6.07) is 0. The summed E-state index contributed by atoms with van der Waals surface area (Å²) in [7, 11) is 0. The van der Waals surface area contributed by atoms with Crippen molar-refractivity contribution in [3.05, 3.63) is 11.3 Å². The molecule has 0 saturated heterocycles. The van der Waals surface area contributed by atoms with Gasteiger partial charge in [-0.15, -0.1) is 0 Å². The van der Waals surface area contributed by atoms with Crippen LogP contribution in [0.25, 0.3) is 0 Å². The molecule has 1 aliphatic heterocycles. The number of aliphatic hydroxyl groups excluding tert-OH is 2. The fraction of sp³-hybridized carbons (Fsp3) is 0.714. The van der Waals surface area contributed by atoms with Gasteiger partial charge in [-0.1, -0.05) is 39.0 Å². The van der Waals surface area contributed by atoms with Crippen LogP contribution >= 0.6 is 0 Å². The molecule has 1 heterocycles. The Kier molecular flexibility index (Phi) is 7.08. The van der Waals surface area contributed by atoms with Crippen molar-refractivity contribution >= 4 is 11.9 Å². The van der Waals surface area contributed by atoms with Crippen molar-refractivity contribution in [1.29, 1.82) is 0 Å². The van der Waals surface area contributed by atoms with Crippen LogP contribution in [0.5, 0.6) is 0 Å². The molecule has 0 radical (unpaired) electrons. The number of ether oxygens (including phenoxy) is 2. The highest BCUT2D eigenvalue weighted by Gasteiger charge is 2.39. The van der Waals surface area contributed by atoms with E-state index in [2.05, 4.69) is 11.7 Å². The zero-order valence-electron chi connectivity index (χ0n) is 11.8. The zero-order chi connectivity index (χ0) is 15.0. The van der Waals surface area contributed by atoms with Gasteiger partial charge in [0.1, 0.15) is 0 Å². The number of carbonyl (C=O) groups excluding carboxylic acids is 2. The number of rotatable bonds is 9. The maximum Gasteiger partial charge on any atom is 0.350 e. The maximum atomic E-state index is 11.6. The van der Waals surface area contributed by atoms with Gasteiger partial charge in [-0.25, -0.2) is 9.59 Å². The minimum atomic E-state index is -1.15. The van der Waals surface area contributed by atoms with Gasteiger partial charge in [0, 0.05) is 0 Å². The molecule has 2 N–H and O–H groups in total. The third-order valence-corrected chi connectivity index (χ3v) is 3.12. The van der Waals surface area contributed by atoms with Crippen LogP contribution in [0.2, 0.25) is 0 Å². The fourth-order valence-electron chi connectivity index (χ4n) is 1.94. The molecular formula is C14H22O6. The quantitative estimate of drug-likeness (QED) is 0.380. The standard InChI is InChI=1S/C14H22O6/c1-2-3-4-5-6-7-8-19-13(17)11-12(16)10(9-15)20-14(11)18/h10,15-16H,2-9H2,1H3/t10-/m1/s1. The molecule has 0 fully saturated rings. The van der Waals surface area contributed by atoms with Crippen LogP contribution < -0.4 is 0 Å². The lowest BCUT2D eigenvalue weighted by molar-refractivity contribution is -0.147. The highest BCUT2D eigenvalue weighted by Crippen LogP contribution is 2.21.